The van der Waals surface area contributed by atoms with Gasteiger partial charge in [-0.1, -0.05) is 36.4 Å². The van der Waals surface area contributed by atoms with E-state index >= 15 is 0 Å². The Bertz CT molecular complexity index is 1100. The summed E-state index contributed by atoms with van der Waals surface area (Å²) in [6, 6.07) is 13.6. The van der Waals surface area contributed by atoms with Crippen LogP contribution in [0.4, 0.5) is 13.2 Å². The average molecular weight is 533 g/mol. The third kappa shape index (κ3) is 6.74. The van der Waals surface area contributed by atoms with Crippen LogP contribution < -0.4 is 10.6 Å². The number of carbonyl (C=O) groups excluding carboxylic acids is 2. The summed E-state index contributed by atoms with van der Waals surface area (Å²) in [7, 11) is 0. The normalized spacial score (nSPS) is 27.6. The Morgan fingerprint density at radius 3 is 2.39 bits per heavy atom. The van der Waals surface area contributed by atoms with Gasteiger partial charge in [0.1, 0.15) is 0 Å². The third-order valence-electron chi connectivity index (χ3n) is 7.96. The van der Waals surface area contributed by atoms with Crippen LogP contribution in [0.15, 0.2) is 54.6 Å². The SMILES string of the molecule is CCO[C@H]1CC(C2CCC(O)(c3ccccc3)CC2)C[C@@H]1NC(=O)CNC(=O)c1cccc(C(F)(F)F)c1. The van der Waals surface area contributed by atoms with Crippen molar-refractivity contribution in [1.82, 2.24) is 10.6 Å². The first kappa shape index (κ1) is 28.1. The molecule has 0 aromatic heterocycles. The number of aliphatic hydroxyl groups is 1. The summed E-state index contributed by atoms with van der Waals surface area (Å²) in [6.07, 6.45) is 0.00991. The Balaban J connectivity index is 1.30. The number of amides is 2. The first-order valence-corrected chi connectivity index (χ1v) is 13.2. The van der Waals surface area contributed by atoms with Crippen LogP contribution in [0.3, 0.4) is 0 Å². The summed E-state index contributed by atoms with van der Waals surface area (Å²) >= 11 is 0. The molecule has 2 aromatic carbocycles. The number of alkyl halides is 3. The maximum Gasteiger partial charge on any atom is 0.416 e. The van der Waals surface area contributed by atoms with Gasteiger partial charge in [0.15, 0.2) is 0 Å². The first-order chi connectivity index (χ1) is 18.1. The Labute approximate surface area is 221 Å². The highest BCUT2D eigenvalue weighted by molar-refractivity contribution is 5.96. The van der Waals surface area contributed by atoms with E-state index in [2.05, 4.69) is 10.6 Å². The number of ether oxygens (including phenoxy) is 1. The molecule has 2 aliphatic carbocycles. The smallest absolute Gasteiger partial charge is 0.385 e. The molecule has 0 spiro atoms. The number of rotatable bonds is 8. The second-order valence-corrected chi connectivity index (χ2v) is 10.4. The Morgan fingerprint density at radius 1 is 1.03 bits per heavy atom. The number of carbonyl (C=O) groups is 2. The Morgan fingerprint density at radius 2 is 1.74 bits per heavy atom. The van der Waals surface area contributed by atoms with Crippen molar-refractivity contribution < 1.29 is 32.6 Å². The molecule has 2 aromatic rings. The molecule has 0 saturated heterocycles. The number of benzene rings is 2. The molecule has 206 valence electrons. The zero-order valence-electron chi connectivity index (χ0n) is 21.5. The van der Waals surface area contributed by atoms with Crippen LogP contribution in [0.1, 0.15) is 66.9 Å². The van der Waals surface area contributed by atoms with Crippen LogP contribution in [0.25, 0.3) is 0 Å². The molecule has 0 heterocycles. The lowest BCUT2D eigenvalue weighted by Gasteiger charge is -2.38. The van der Waals surface area contributed by atoms with Crippen molar-refractivity contribution in [3.8, 4) is 0 Å². The van der Waals surface area contributed by atoms with Crippen LogP contribution in [-0.2, 0) is 21.3 Å². The molecule has 38 heavy (non-hydrogen) atoms. The average Bonchev–Trinajstić information content (AvgIpc) is 3.30. The van der Waals surface area contributed by atoms with Crippen LogP contribution in [0, 0.1) is 11.8 Å². The molecule has 4 rings (SSSR count). The second kappa shape index (κ2) is 11.9. The lowest BCUT2D eigenvalue weighted by molar-refractivity contribution is -0.137. The fraction of sp³-hybridized carbons (Fsp3) is 0.517. The first-order valence-electron chi connectivity index (χ1n) is 13.2. The van der Waals surface area contributed by atoms with E-state index in [1.165, 1.54) is 6.07 Å². The molecule has 6 nitrogen and oxygen atoms in total. The van der Waals surface area contributed by atoms with Gasteiger partial charge in [0.25, 0.3) is 5.91 Å². The summed E-state index contributed by atoms with van der Waals surface area (Å²) in [5.74, 6) is -0.394. The molecular formula is C29H35F3N2O4. The molecule has 3 N–H and O–H groups in total. The van der Waals surface area contributed by atoms with Crippen molar-refractivity contribution in [2.24, 2.45) is 11.8 Å². The van der Waals surface area contributed by atoms with Crippen molar-refractivity contribution in [3.05, 3.63) is 71.3 Å². The molecular weight excluding hydrogens is 497 g/mol. The summed E-state index contributed by atoms with van der Waals surface area (Å²) in [5.41, 5.74) is -0.930. The Kier molecular flexibility index (Phi) is 8.78. The van der Waals surface area contributed by atoms with E-state index in [0.29, 0.717) is 31.3 Å². The molecule has 1 unspecified atom stereocenters. The van der Waals surface area contributed by atoms with Gasteiger partial charge in [-0.2, -0.15) is 13.2 Å². The topological polar surface area (TPSA) is 87.7 Å². The summed E-state index contributed by atoms with van der Waals surface area (Å²) in [4.78, 5) is 25.0. The summed E-state index contributed by atoms with van der Waals surface area (Å²) in [5, 5.41) is 16.5. The van der Waals surface area contributed by atoms with E-state index in [9.17, 15) is 27.9 Å². The quantitative estimate of drug-likeness (QED) is 0.455. The highest BCUT2D eigenvalue weighted by atomic mass is 19.4. The van der Waals surface area contributed by atoms with Gasteiger partial charge in [-0.25, -0.2) is 0 Å². The van der Waals surface area contributed by atoms with E-state index in [-0.39, 0.29) is 24.3 Å². The fourth-order valence-electron chi connectivity index (χ4n) is 5.96. The maximum atomic E-state index is 12.9. The fourth-order valence-corrected chi connectivity index (χ4v) is 5.96. The van der Waals surface area contributed by atoms with E-state index in [4.69, 9.17) is 4.74 Å². The van der Waals surface area contributed by atoms with Gasteiger partial charge in [0.2, 0.25) is 5.91 Å². The molecule has 9 heteroatoms. The van der Waals surface area contributed by atoms with Crippen LogP contribution in [0.2, 0.25) is 0 Å². The van der Waals surface area contributed by atoms with Crippen LogP contribution in [0.5, 0.6) is 0 Å². The zero-order chi connectivity index (χ0) is 27.3. The van der Waals surface area contributed by atoms with E-state index in [0.717, 1.165) is 49.4 Å². The van der Waals surface area contributed by atoms with Crippen molar-refractivity contribution in [2.45, 2.75) is 69.4 Å². The van der Waals surface area contributed by atoms with Crippen molar-refractivity contribution in [3.63, 3.8) is 0 Å². The van der Waals surface area contributed by atoms with Crippen molar-refractivity contribution in [2.75, 3.05) is 13.2 Å². The standard InChI is InChI=1S/C29H35F3N2O4/c1-2-38-25-17-21(19-11-13-28(37,14-12-19)22-8-4-3-5-9-22)16-24(25)34-26(35)18-33-27(36)20-7-6-10-23(15-20)29(30,31)32/h3-10,15,19,21,24-25,37H,2,11-14,16-18H2,1H3,(H,33,36)(H,34,35)/t19?,21?,24-,25-,28?/m0/s1. The van der Waals surface area contributed by atoms with Gasteiger partial charge in [-0.05, 0) is 81.0 Å². The molecule has 3 atom stereocenters. The second-order valence-electron chi connectivity index (χ2n) is 10.4. The largest absolute Gasteiger partial charge is 0.416 e. The number of hydrogen-bond acceptors (Lipinski definition) is 4. The van der Waals surface area contributed by atoms with Crippen LogP contribution in [-0.4, -0.2) is 42.2 Å². The molecule has 2 aliphatic rings. The van der Waals surface area contributed by atoms with E-state index < -0.39 is 29.2 Å². The highest BCUT2D eigenvalue weighted by Gasteiger charge is 2.43. The minimum atomic E-state index is -4.56. The van der Waals surface area contributed by atoms with Gasteiger partial charge in [0.05, 0.1) is 29.9 Å². The predicted molar refractivity (Wildman–Crippen MR) is 136 cm³/mol. The molecule has 0 aliphatic heterocycles. The molecule has 0 radical (unpaired) electrons. The van der Waals surface area contributed by atoms with Crippen molar-refractivity contribution >= 4 is 11.8 Å². The minimum Gasteiger partial charge on any atom is -0.385 e. The van der Waals surface area contributed by atoms with Crippen molar-refractivity contribution in [1.29, 1.82) is 0 Å². The highest BCUT2D eigenvalue weighted by Crippen LogP contribution is 2.46. The monoisotopic (exact) mass is 532 g/mol. The summed E-state index contributed by atoms with van der Waals surface area (Å²) in [6.45, 7) is 2.07. The summed E-state index contributed by atoms with van der Waals surface area (Å²) < 4.78 is 44.7. The molecule has 2 saturated carbocycles. The lowest BCUT2D eigenvalue weighted by atomic mass is 9.71. The number of halogens is 3. The van der Waals surface area contributed by atoms with Gasteiger partial charge in [-0.3, -0.25) is 9.59 Å². The number of nitrogens with one attached hydrogen (secondary N) is 2. The van der Waals surface area contributed by atoms with E-state index in [1.807, 2.05) is 37.3 Å². The number of hydrogen-bond donors (Lipinski definition) is 3. The zero-order valence-corrected chi connectivity index (χ0v) is 21.5. The molecule has 2 amide bonds. The molecule has 0 bridgehead atoms. The minimum absolute atomic E-state index is 0.150. The lowest BCUT2D eigenvalue weighted by Crippen LogP contribution is -2.45. The van der Waals surface area contributed by atoms with Crippen LogP contribution >= 0.6 is 0 Å². The third-order valence-corrected chi connectivity index (χ3v) is 7.96. The maximum absolute atomic E-state index is 12.9. The van der Waals surface area contributed by atoms with Gasteiger partial charge in [0, 0.05) is 12.2 Å². The van der Waals surface area contributed by atoms with Gasteiger partial charge >= 0.3 is 6.18 Å². The Hall–Kier alpha value is -2.91. The van der Waals surface area contributed by atoms with Gasteiger partial charge in [-0.15, -0.1) is 0 Å². The predicted octanol–water partition coefficient (Wildman–Crippen LogP) is 4.81. The van der Waals surface area contributed by atoms with Gasteiger partial charge < -0.3 is 20.5 Å². The molecule has 2 fully saturated rings. The van der Waals surface area contributed by atoms with E-state index in [1.54, 1.807) is 0 Å².